The van der Waals surface area contributed by atoms with E-state index in [1.54, 1.807) is 6.07 Å². The second kappa shape index (κ2) is 8.69. The Bertz CT molecular complexity index is 1070. The molecule has 1 aliphatic rings. The van der Waals surface area contributed by atoms with Crippen LogP contribution in [0.4, 0.5) is 11.6 Å². The van der Waals surface area contributed by atoms with Crippen LogP contribution in [0.25, 0.3) is 5.69 Å². The predicted molar refractivity (Wildman–Crippen MR) is 113 cm³/mol. The van der Waals surface area contributed by atoms with Crippen LogP contribution in [-0.2, 0) is 10.8 Å². The van der Waals surface area contributed by atoms with Crippen LogP contribution >= 0.6 is 0 Å². The van der Waals surface area contributed by atoms with Crippen molar-refractivity contribution in [2.24, 2.45) is 5.73 Å². The number of nitrogens with zero attached hydrogens (tertiary/aromatic N) is 4. The average Bonchev–Trinajstić information content (AvgIpc) is 2.98. The second-order valence-electron chi connectivity index (χ2n) is 7.12. The Morgan fingerprint density at radius 2 is 2.13 bits per heavy atom. The van der Waals surface area contributed by atoms with Gasteiger partial charge in [0, 0.05) is 12.1 Å². The standard InChI is InChI=1S/C19H22N6O4S/c1-19(21)8-3-4-13(7-9-19)10-16(26)12-30(29)18-23-22-17(20)24(18)14-5-2-6-15(11-14)25(27)28/h2-9,11,16,26H,10,12,21H2,1H3,(H2,20,22)/t16-,19?,30?/m0/s1. The van der Waals surface area contributed by atoms with Gasteiger partial charge in [-0.2, -0.15) is 0 Å². The topological polar surface area (TPSA) is 163 Å². The number of anilines is 1. The molecule has 5 N–H and O–H groups in total. The Kier molecular flexibility index (Phi) is 6.25. The number of rotatable bonds is 7. The number of nitro benzene ring substituents is 1. The number of non-ortho nitro benzene ring substituents is 1. The predicted octanol–water partition coefficient (Wildman–Crippen LogP) is 1.39. The second-order valence-corrected chi connectivity index (χ2v) is 8.51. The van der Waals surface area contributed by atoms with Crippen molar-refractivity contribution in [2.75, 3.05) is 11.5 Å². The molecule has 2 unspecified atom stereocenters. The van der Waals surface area contributed by atoms with Crippen LogP contribution in [0.2, 0.25) is 0 Å². The fourth-order valence-corrected chi connectivity index (χ4v) is 4.06. The van der Waals surface area contributed by atoms with Gasteiger partial charge in [-0.25, -0.2) is 0 Å². The van der Waals surface area contributed by atoms with Crippen molar-refractivity contribution in [2.45, 2.75) is 30.1 Å². The first-order valence-electron chi connectivity index (χ1n) is 9.05. The summed E-state index contributed by atoms with van der Waals surface area (Å²) in [5, 5.41) is 29.1. The molecule has 30 heavy (non-hydrogen) atoms. The van der Waals surface area contributed by atoms with Gasteiger partial charge in [-0.1, -0.05) is 36.4 Å². The van der Waals surface area contributed by atoms with Crippen molar-refractivity contribution in [3.05, 3.63) is 70.3 Å². The Balaban J connectivity index is 1.77. The van der Waals surface area contributed by atoms with Crippen LogP contribution in [0.3, 0.4) is 0 Å². The molecule has 0 fully saturated rings. The van der Waals surface area contributed by atoms with Crippen LogP contribution in [0.5, 0.6) is 0 Å². The molecule has 1 aromatic carbocycles. The van der Waals surface area contributed by atoms with Crippen LogP contribution in [0.1, 0.15) is 13.3 Å². The Morgan fingerprint density at radius 1 is 1.37 bits per heavy atom. The number of hydrogen-bond donors (Lipinski definition) is 3. The highest BCUT2D eigenvalue weighted by Crippen LogP contribution is 2.23. The largest absolute Gasteiger partial charge is 0.392 e. The van der Waals surface area contributed by atoms with E-state index in [1.165, 1.54) is 22.8 Å². The lowest BCUT2D eigenvalue weighted by atomic mass is 10.0. The monoisotopic (exact) mass is 430 g/mol. The molecule has 1 aliphatic carbocycles. The zero-order chi connectivity index (χ0) is 21.9. The summed E-state index contributed by atoms with van der Waals surface area (Å²) in [7, 11) is -1.75. The summed E-state index contributed by atoms with van der Waals surface area (Å²) in [5.74, 6) is -0.169. The number of hydrogen-bond acceptors (Lipinski definition) is 8. The number of allylic oxidation sites excluding steroid dienone is 3. The molecule has 0 bridgehead atoms. The molecule has 3 atom stereocenters. The lowest BCUT2D eigenvalue weighted by Crippen LogP contribution is -2.30. The molecule has 1 aromatic heterocycles. The van der Waals surface area contributed by atoms with Crippen molar-refractivity contribution >= 4 is 22.4 Å². The maximum Gasteiger partial charge on any atom is 0.271 e. The summed E-state index contributed by atoms with van der Waals surface area (Å²) in [4.78, 5) is 10.5. The van der Waals surface area contributed by atoms with E-state index in [-0.39, 0.29) is 29.0 Å². The fourth-order valence-electron chi connectivity index (χ4n) is 2.91. The number of nitro groups is 1. The smallest absolute Gasteiger partial charge is 0.271 e. The van der Waals surface area contributed by atoms with E-state index in [2.05, 4.69) is 10.2 Å². The molecular formula is C19H22N6O4S. The van der Waals surface area contributed by atoms with Crippen molar-refractivity contribution in [1.29, 1.82) is 0 Å². The summed E-state index contributed by atoms with van der Waals surface area (Å²) in [6, 6.07) is 5.67. The van der Waals surface area contributed by atoms with E-state index in [0.717, 1.165) is 5.57 Å². The SMILES string of the molecule is CC1(N)C=CC=C(C[C@H](O)CS(=O)c2nnc(N)n2-c2cccc([N+](=O)[O-])c2)C=C1. The van der Waals surface area contributed by atoms with E-state index in [0.29, 0.717) is 5.69 Å². The molecule has 0 saturated heterocycles. The summed E-state index contributed by atoms with van der Waals surface area (Å²) in [5.41, 5.74) is 12.3. The molecule has 11 heteroatoms. The van der Waals surface area contributed by atoms with Crippen LogP contribution in [0.15, 0.2) is 65.4 Å². The van der Waals surface area contributed by atoms with Gasteiger partial charge < -0.3 is 16.6 Å². The number of aliphatic hydroxyl groups is 1. The van der Waals surface area contributed by atoms with Crippen molar-refractivity contribution in [1.82, 2.24) is 14.8 Å². The first-order chi connectivity index (χ1) is 14.2. The minimum absolute atomic E-state index is 0.00636. The minimum Gasteiger partial charge on any atom is -0.392 e. The average molecular weight is 430 g/mol. The Morgan fingerprint density at radius 3 is 2.87 bits per heavy atom. The molecule has 3 rings (SSSR count). The number of aliphatic hydroxyl groups excluding tert-OH is 1. The number of aromatic nitrogens is 3. The van der Waals surface area contributed by atoms with E-state index >= 15 is 0 Å². The molecule has 2 aromatic rings. The third-order valence-corrected chi connectivity index (χ3v) is 5.76. The van der Waals surface area contributed by atoms with Crippen molar-refractivity contribution in [3.63, 3.8) is 0 Å². The first-order valence-corrected chi connectivity index (χ1v) is 10.4. The summed E-state index contributed by atoms with van der Waals surface area (Å²) in [6.07, 6.45) is 8.49. The van der Waals surface area contributed by atoms with E-state index in [1.807, 2.05) is 37.3 Å². The third-order valence-electron chi connectivity index (χ3n) is 4.40. The number of nitrogen functional groups attached to an aromatic ring is 1. The highest BCUT2D eigenvalue weighted by Gasteiger charge is 2.22. The van der Waals surface area contributed by atoms with Crippen LogP contribution in [-0.4, -0.2) is 46.4 Å². The van der Waals surface area contributed by atoms with E-state index in [4.69, 9.17) is 11.5 Å². The quantitative estimate of drug-likeness (QED) is 0.438. The first kappa shape index (κ1) is 21.6. The fraction of sp³-hybridized carbons (Fsp3) is 0.263. The maximum atomic E-state index is 12.9. The molecule has 10 nitrogen and oxygen atoms in total. The molecule has 0 amide bonds. The third kappa shape index (κ3) is 5.06. The molecule has 0 aliphatic heterocycles. The maximum absolute atomic E-state index is 12.9. The molecular weight excluding hydrogens is 408 g/mol. The minimum atomic E-state index is -1.75. The summed E-state index contributed by atoms with van der Waals surface area (Å²) < 4.78 is 14.1. The number of benzene rings is 1. The van der Waals surface area contributed by atoms with Crippen molar-refractivity contribution < 1.29 is 14.2 Å². The molecule has 158 valence electrons. The van der Waals surface area contributed by atoms with Gasteiger partial charge in [0.1, 0.15) is 0 Å². The Labute approximate surface area is 175 Å². The molecule has 0 radical (unpaired) electrons. The van der Waals surface area contributed by atoms with Gasteiger partial charge in [-0.15, -0.1) is 10.2 Å². The zero-order valence-corrected chi connectivity index (χ0v) is 17.0. The van der Waals surface area contributed by atoms with Gasteiger partial charge in [0.15, 0.2) is 0 Å². The van der Waals surface area contributed by atoms with Gasteiger partial charge in [-0.3, -0.25) is 18.9 Å². The highest BCUT2D eigenvalue weighted by molar-refractivity contribution is 7.84. The Hall–Kier alpha value is -3.15. The molecule has 0 saturated carbocycles. The van der Waals surface area contributed by atoms with E-state index < -0.39 is 27.4 Å². The highest BCUT2D eigenvalue weighted by atomic mass is 32.2. The van der Waals surface area contributed by atoms with Gasteiger partial charge in [0.25, 0.3) is 5.69 Å². The van der Waals surface area contributed by atoms with Gasteiger partial charge in [0.05, 0.1) is 38.8 Å². The number of nitrogens with two attached hydrogens (primary N) is 2. The van der Waals surface area contributed by atoms with Crippen LogP contribution < -0.4 is 11.5 Å². The molecule has 1 heterocycles. The zero-order valence-electron chi connectivity index (χ0n) is 16.2. The lowest BCUT2D eigenvalue weighted by Gasteiger charge is -2.14. The van der Waals surface area contributed by atoms with Crippen molar-refractivity contribution in [3.8, 4) is 5.69 Å². The molecule has 0 spiro atoms. The van der Waals surface area contributed by atoms with Gasteiger partial charge in [0.2, 0.25) is 11.1 Å². The van der Waals surface area contributed by atoms with Gasteiger partial charge >= 0.3 is 0 Å². The van der Waals surface area contributed by atoms with E-state index in [9.17, 15) is 19.4 Å². The summed E-state index contributed by atoms with van der Waals surface area (Å²) in [6.45, 7) is 1.85. The van der Waals surface area contributed by atoms with Crippen LogP contribution in [0, 0.1) is 10.1 Å². The normalized spacial score (nSPS) is 20.4. The summed E-state index contributed by atoms with van der Waals surface area (Å²) >= 11 is 0. The van der Waals surface area contributed by atoms with Gasteiger partial charge in [-0.05, 0) is 25.0 Å². The lowest BCUT2D eigenvalue weighted by molar-refractivity contribution is -0.384.